The van der Waals surface area contributed by atoms with Gasteiger partial charge in [0.1, 0.15) is 0 Å². The van der Waals surface area contributed by atoms with Gasteiger partial charge >= 0.3 is 0 Å². The van der Waals surface area contributed by atoms with Crippen molar-refractivity contribution < 1.29 is 9.84 Å². The van der Waals surface area contributed by atoms with Crippen molar-refractivity contribution in [2.75, 3.05) is 13.2 Å². The van der Waals surface area contributed by atoms with E-state index in [0.29, 0.717) is 12.1 Å². The monoisotopic (exact) mass is 241 g/mol. The van der Waals surface area contributed by atoms with Crippen molar-refractivity contribution in [2.45, 2.75) is 76.0 Å². The Bertz CT molecular complexity index is 204. The van der Waals surface area contributed by atoms with Gasteiger partial charge in [-0.25, -0.2) is 0 Å². The molecule has 0 aromatic heterocycles. The lowest BCUT2D eigenvalue weighted by Gasteiger charge is -2.29. The summed E-state index contributed by atoms with van der Waals surface area (Å²) in [6, 6.07) is 0.304. The zero-order valence-electron chi connectivity index (χ0n) is 10.9. The largest absolute Gasteiger partial charge is 0.392 e. The predicted octanol–water partition coefficient (Wildman–Crippen LogP) is 2.23. The second-order valence-corrected chi connectivity index (χ2v) is 5.54. The maximum absolute atomic E-state index is 9.81. The number of nitrogens with one attached hydrogen (secondary N) is 1. The molecule has 17 heavy (non-hydrogen) atoms. The molecule has 0 heterocycles. The molecule has 3 nitrogen and oxygen atoms in total. The van der Waals surface area contributed by atoms with Gasteiger partial charge in [-0.2, -0.15) is 0 Å². The summed E-state index contributed by atoms with van der Waals surface area (Å²) in [5, 5.41) is 13.2. The van der Waals surface area contributed by atoms with Crippen LogP contribution in [0, 0.1) is 0 Å². The minimum Gasteiger partial charge on any atom is -0.392 e. The van der Waals surface area contributed by atoms with E-state index in [4.69, 9.17) is 4.74 Å². The van der Waals surface area contributed by atoms with E-state index in [-0.39, 0.29) is 6.10 Å². The molecule has 0 aromatic rings. The molecule has 0 radical (unpaired) electrons. The van der Waals surface area contributed by atoms with Crippen LogP contribution >= 0.6 is 0 Å². The van der Waals surface area contributed by atoms with Crippen LogP contribution in [0.3, 0.4) is 0 Å². The zero-order chi connectivity index (χ0) is 11.9. The first kappa shape index (κ1) is 13.3. The highest BCUT2D eigenvalue weighted by atomic mass is 16.5. The standard InChI is InChI=1S/C14H27NO2/c16-14-9-5-4-8-13(14)15-10-11-17-12-6-2-1-3-7-12/h12-16H,1-11H2. The van der Waals surface area contributed by atoms with E-state index in [1.165, 1.54) is 44.9 Å². The quantitative estimate of drug-likeness (QED) is 0.725. The van der Waals surface area contributed by atoms with Crippen molar-refractivity contribution in [2.24, 2.45) is 0 Å². The maximum atomic E-state index is 9.81. The molecule has 2 saturated carbocycles. The highest BCUT2D eigenvalue weighted by Crippen LogP contribution is 2.20. The summed E-state index contributed by atoms with van der Waals surface area (Å²) in [5.41, 5.74) is 0. The Morgan fingerprint density at radius 1 is 0.941 bits per heavy atom. The fourth-order valence-electron chi connectivity index (χ4n) is 3.05. The van der Waals surface area contributed by atoms with Gasteiger partial charge in [0.25, 0.3) is 0 Å². The van der Waals surface area contributed by atoms with E-state index in [9.17, 15) is 5.11 Å². The van der Waals surface area contributed by atoms with Crippen molar-refractivity contribution in [1.82, 2.24) is 5.32 Å². The fourth-order valence-corrected chi connectivity index (χ4v) is 3.05. The van der Waals surface area contributed by atoms with Gasteiger partial charge in [-0.15, -0.1) is 0 Å². The third-order valence-corrected chi connectivity index (χ3v) is 4.14. The first-order valence-corrected chi connectivity index (χ1v) is 7.39. The van der Waals surface area contributed by atoms with E-state index >= 15 is 0 Å². The van der Waals surface area contributed by atoms with Gasteiger partial charge in [-0.1, -0.05) is 32.1 Å². The number of aliphatic hydroxyl groups is 1. The molecular formula is C14H27NO2. The van der Waals surface area contributed by atoms with Crippen molar-refractivity contribution in [1.29, 1.82) is 0 Å². The molecule has 0 amide bonds. The first-order chi connectivity index (χ1) is 8.36. The number of aliphatic hydroxyl groups excluding tert-OH is 1. The van der Waals surface area contributed by atoms with Crippen LogP contribution in [-0.2, 0) is 4.74 Å². The van der Waals surface area contributed by atoms with Crippen LogP contribution in [0.1, 0.15) is 57.8 Å². The molecule has 0 aliphatic heterocycles. The van der Waals surface area contributed by atoms with E-state index in [1.54, 1.807) is 0 Å². The van der Waals surface area contributed by atoms with Gasteiger partial charge in [0, 0.05) is 12.6 Å². The third-order valence-electron chi connectivity index (χ3n) is 4.14. The number of rotatable bonds is 5. The lowest BCUT2D eigenvalue weighted by atomic mass is 9.93. The van der Waals surface area contributed by atoms with E-state index < -0.39 is 0 Å². The minimum absolute atomic E-state index is 0.140. The van der Waals surface area contributed by atoms with Crippen molar-refractivity contribution >= 4 is 0 Å². The summed E-state index contributed by atoms with van der Waals surface area (Å²) < 4.78 is 5.87. The molecule has 3 heteroatoms. The molecule has 2 rings (SSSR count). The van der Waals surface area contributed by atoms with Gasteiger partial charge in [-0.05, 0) is 25.7 Å². The predicted molar refractivity (Wildman–Crippen MR) is 69.1 cm³/mol. The Morgan fingerprint density at radius 3 is 2.41 bits per heavy atom. The SMILES string of the molecule is OC1CCCCC1NCCOC1CCCCC1. The molecule has 2 unspecified atom stereocenters. The Hall–Kier alpha value is -0.120. The van der Waals surface area contributed by atoms with Crippen LogP contribution < -0.4 is 5.32 Å². The summed E-state index contributed by atoms with van der Waals surface area (Å²) in [7, 11) is 0. The second-order valence-electron chi connectivity index (χ2n) is 5.54. The molecule has 2 atom stereocenters. The first-order valence-electron chi connectivity index (χ1n) is 7.39. The Morgan fingerprint density at radius 2 is 1.65 bits per heavy atom. The summed E-state index contributed by atoms with van der Waals surface area (Å²) in [6.07, 6.45) is 11.4. The average molecular weight is 241 g/mol. The molecule has 2 N–H and O–H groups in total. The van der Waals surface area contributed by atoms with Crippen molar-refractivity contribution in [3.8, 4) is 0 Å². The van der Waals surface area contributed by atoms with E-state index in [0.717, 1.165) is 26.0 Å². The second kappa shape index (κ2) is 7.34. The van der Waals surface area contributed by atoms with Crippen LogP contribution in [0.15, 0.2) is 0 Å². The van der Waals surface area contributed by atoms with E-state index in [2.05, 4.69) is 5.32 Å². The van der Waals surface area contributed by atoms with Crippen molar-refractivity contribution in [3.05, 3.63) is 0 Å². The third kappa shape index (κ3) is 4.57. The highest BCUT2D eigenvalue weighted by molar-refractivity contribution is 4.80. The summed E-state index contributed by atoms with van der Waals surface area (Å²) in [5.74, 6) is 0. The Kier molecular flexibility index (Phi) is 5.75. The summed E-state index contributed by atoms with van der Waals surface area (Å²) in [6.45, 7) is 1.69. The van der Waals surface area contributed by atoms with Gasteiger partial charge in [0.2, 0.25) is 0 Å². The van der Waals surface area contributed by atoms with E-state index in [1.807, 2.05) is 0 Å². The zero-order valence-corrected chi connectivity index (χ0v) is 10.9. The molecular weight excluding hydrogens is 214 g/mol. The molecule has 2 aliphatic rings. The molecule has 0 aromatic carbocycles. The smallest absolute Gasteiger partial charge is 0.0693 e. The molecule has 0 spiro atoms. The molecule has 0 bridgehead atoms. The minimum atomic E-state index is -0.140. The van der Waals surface area contributed by atoms with Crippen LogP contribution in [0.25, 0.3) is 0 Å². The van der Waals surface area contributed by atoms with Crippen LogP contribution in [0.4, 0.5) is 0 Å². The van der Waals surface area contributed by atoms with Crippen LogP contribution in [0.2, 0.25) is 0 Å². The summed E-state index contributed by atoms with van der Waals surface area (Å²) >= 11 is 0. The maximum Gasteiger partial charge on any atom is 0.0693 e. The lowest BCUT2D eigenvalue weighted by Crippen LogP contribution is -2.43. The average Bonchev–Trinajstić information content (AvgIpc) is 2.38. The summed E-state index contributed by atoms with van der Waals surface area (Å²) in [4.78, 5) is 0. The molecule has 100 valence electrons. The number of ether oxygens (including phenoxy) is 1. The van der Waals surface area contributed by atoms with Gasteiger partial charge in [0.05, 0.1) is 18.8 Å². The normalized spacial score (nSPS) is 31.6. The number of hydrogen-bond acceptors (Lipinski definition) is 3. The highest BCUT2D eigenvalue weighted by Gasteiger charge is 2.22. The van der Waals surface area contributed by atoms with Gasteiger partial charge < -0.3 is 15.2 Å². The number of hydrogen-bond donors (Lipinski definition) is 2. The van der Waals surface area contributed by atoms with Crippen LogP contribution in [-0.4, -0.2) is 36.5 Å². The molecule has 2 aliphatic carbocycles. The Balaban J connectivity index is 1.53. The molecule has 0 saturated heterocycles. The van der Waals surface area contributed by atoms with Crippen molar-refractivity contribution in [3.63, 3.8) is 0 Å². The van der Waals surface area contributed by atoms with Gasteiger partial charge in [-0.3, -0.25) is 0 Å². The topological polar surface area (TPSA) is 41.5 Å². The molecule has 2 fully saturated rings. The Labute approximate surface area is 105 Å². The van der Waals surface area contributed by atoms with Crippen LogP contribution in [0.5, 0.6) is 0 Å². The fraction of sp³-hybridized carbons (Fsp3) is 1.00. The van der Waals surface area contributed by atoms with Gasteiger partial charge in [0.15, 0.2) is 0 Å². The lowest BCUT2D eigenvalue weighted by molar-refractivity contribution is 0.0241.